The molecule has 0 aromatic carbocycles. The molecular weight excluding hydrogens is 380 g/mol. The number of hydrogen-bond donors (Lipinski definition) is 3. The summed E-state index contributed by atoms with van der Waals surface area (Å²) in [7, 11) is 0. The topological polar surface area (TPSA) is 87.7 Å². The molecule has 6 nitrogen and oxygen atoms in total. The number of hydrogen-bond acceptors (Lipinski definition) is 3. The monoisotopic (exact) mass is 430 g/mol. The summed E-state index contributed by atoms with van der Waals surface area (Å²) < 4.78 is 4.76. The molecule has 0 saturated carbocycles. The molecule has 3 N–H and O–H groups in total. The van der Waals surface area contributed by atoms with Crippen molar-refractivity contribution in [1.29, 1.82) is 0 Å². The Bertz CT molecular complexity index is 365. The Hall–Kier alpha value is -1.46. The fraction of sp³-hybridized carbons (Fsp3) is 0.917. The van der Waals surface area contributed by atoms with Gasteiger partial charge in [-0.1, -0.05) is 104 Å². The highest BCUT2D eigenvalue weighted by Gasteiger charge is 1.98. The van der Waals surface area contributed by atoms with Crippen LogP contribution in [0.3, 0.4) is 0 Å². The molecule has 0 aliphatic heterocycles. The molecule has 0 radical (unpaired) electrons. The second-order valence-electron chi connectivity index (χ2n) is 7.83. The van der Waals surface area contributed by atoms with E-state index in [2.05, 4.69) is 24.5 Å². The van der Waals surface area contributed by atoms with E-state index in [1.54, 1.807) is 0 Å². The summed E-state index contributed by atoms with van der Waals surface area (Å²) >= 11 is 0. The van der Waals surface area contributed by atoms with E-state index >= 15 is 0 Å². The number of unbranched alkanes of at least 4 members (excludes halogenated alkanes) is 14. The zero-order valence-electron chi connectivity index (χ0n) is 20.1. The van der Waals surface area contributed by atoms with Gasteiger partial charge >= 0.3 is 12.2 Å². The van der Waals surface area contributed by atoms with Crippen molar-refractivity contribution in [3.8, 4) is 0 Å². The minimum Gasteiger partial charge on any atom is -0.465 e. The van der Waals surface area contributed by atoms with Crippen LogP contribution in [0.5, 0.6) is 0 Å². The third-order valence-corrected chi connectivity index (χ3v) is 4.88. The lowest BCUT2D eigenvalue weighted by atomic mass is 10.1. The number of carbonyl (C=O) groups is 2. The summed E-state index contributed by atoms with van der Waals surface area (Å²) in [6, 6.07) is 0. The number of alkyl carbamates (subject to hydrolysis) is 1. The highest BCUT2D eigenvalue weighted by Crippen LogP contribution is 2.08. The van der Waals surface area contributed by atoms with E-state index in [9.17, 15) is 9.59 Å². The summed E-state index contributed by atoms with van der Waals surface area (Å²) in [6.07, 6.45) is 19.1. The van der Waals surface area contributed by atoms with Crippen molar-refractivity contribution in [3.63, 3.8) is 0 Å². The van der Waals surface area contributed by atoms with Crippen LogP contribution in [-0.2, 0) is 4.74 Å². The van der Waals surface area contributed by atoms with Gasteiger partial charge in [-0.3, -0.25) is 0 Å². The normalized spacial score (nSPS) is 10.1. The first kappa shape index (κ1) is 30.7. The SMILES string of the molecule is CCCCCCCCCCNC(=O)O.CCCCCCCCCCNC(=O)OCC. The van der Waals surface area contributed by atoms with Crippen LogP contribution in [0.4, 0.5) is 9.59 Å². The van der Waals surface area contributed by atoms with Gasteiger partial charge in [0.15, 0.2) is 0 Å². The fourth-order valence-electron chi connectivity index (χ4n) is 3.09. The number of ether oxygens (including phenoxy) is 1. The van der Waals surface area contributed by atoms with E-state index in [0.29, 0.717) is 13.2 Å². The van der Waals surface area contributed by atoms with E-state index in [1.807, 2.05) is 6.92 Å². The summed E-state index contributed by atoms with van der Waals surface area (Å²) in [5.41, 5.74) is 0. The molecule has 0 aliphatic carbocycles. The average Bonchev–Trinajstić information content (AvgIpc) is 2.72. The van der Waals surface area contributed by atoms with Gasteiger partial charge in [0.2, 0.25) is 0 Å². The van der Waals surface area contributed by atoms with Crippen molar-refractivity contribution in [2.75, 3.05) is 19.7 Å². The largest absolute Gasteiger partial charge is 0.465 e. The first-order valence-corrected chi connectivity index (χ1v) is 12.5. The van der Waals surface area contributed by atoms with Crippen molar-refractivity contribution < 1.29 is 19.4 Å². The molecule has 0 unspecified atom stereocenters. The highest BCUT2D eigenvalue weighted by atomic mass is 16.5. The smallest absolute Gasteiger partial charge is 0.407 e. The number of carboxylic acid groups (broad SMARTS) is 1. The first-order valence-electron chi connectivity index (χ1n) is 12.5. The molecule has 6 heteroatoms. The number of rotatable bonds is 19. The van der Waals surface area contributed by atoms with Gasteiger partial charge in [-0.15, -0.1) is 0 Å². The van der Waals surface area contributed by atoms with Gasteiger partial charge in [-0.2, -0.15) is 0 Å². The second kappa shape index (κ2) is 27.5. The van der Waals surface area contributed by atoms with Gasteiger partial charge in [-0.25, -0.2) is 9.59 Å². The molecule has 180 valence electrons. The minimum atomic E-state index is -0.909. The third-order valence-electron chi connectivity index (χ3n) is 4.88. The van der Waals surface area contributed by atoms with Crippen LogP contribution in [0.1, 0.15) is 124 Å². The van der Waals surface area contributed by atoms with Gasteiger partial charge in [0.05, 0.1) is 6.61 Å². The van der Waals surface area contributed by atoms with Gasteiger partial charge in [-0.05, 0) is 19.8 Å². The molecule has 0 bridgehead atoms. The molecule has 0 spiro atoms. The summed E-state index contributed by atoms with van der Waals surface area (Å²) in [5, 5.41) is 13.4. The summed E-state index contributed by atoms with van der Waals surface area (Å²) in [4.78, 5) is 21.0. The van der Waals surface area contributed by atoms with Crippen LogP contribution in [-0.4, -0.2) is 37.0 Å². The Labute approximate surface area is 185 Å². The van der Waals surface area contributed by atoms with Gasteiger partial charge < -0.3 is 20.5 Å². The molecule has 0 aromatic rings. The quantitative estimate of drug-likeness (QED) is 0.188. The van der Waals surface area contributed by atoms with Crippen molar-refractivity contribution in [3.05, 3.63) is 0 Å². The van der Waals surface area contributed by atoms with E-state index in [-0.39, 0.29) is 6.09 Å². The predicted octanol–water partition coefficient (Wildman–Crippen LogP) is 7.27. The van der Waals surface area contributed by atoms with Crippen LogP contribution in [0, 0.1) is 0 Å². The number of amides is 2. The summed E-state index contributed by atoms with van der Waals surface area (Å²) in [6.45, 7) is 8.07. The van der Waals surface area contributed by atoms with Crippen LogP contribution in [0.25, 0.3) is 0 Å². The standard InChI is InChI=1S/C13H27NO2.C11H23NO2/c1-3-5-6-7-8-9-10-11-12-14-13(15)16-4-2;1-2-3-4-5-6-7-8-9-10-12-11(13)14/h3-12H2,1-2H3,(H,14,15);12H,2-10H2,1H3,(H,13,14). The maximum absolute atomic E-state index is 10.9. The zero-order valence-corrected chi connectivity index (χ0v) is 20.1. The first-order chi connectivity index (χ1) is 14.6. The zero-order chi connectivity index (χ0) is 22.7. The van der Waals surface area contributed by atoms with Crippen molar-refractivity contribution in [2.24, 2.45) is 0 Å². The fourth-order valence-corrected chi connectivity index (χ4v) is 3.09. The van der Waals surface area contributed by atoms with Crippen molar-refractivity contribution >= 4 is 12.2 Å². The van der Waals surface area contributed by atoms with Crippen molar-refractivity contribution in [1.82, 2.24) is 10.6 Å². The molecule has 30 heavy (non-hydrogen) atoms. The molecular formula is C24H50N2O4. The molecule has 0 aromatic heterocycles. The lowest BCUT2D eigenvalue weighted by Crippen LogP contribution is -2.25. The molecule has 0 fully saturated rings. The van der Waals surface area contributed by atoms with E-state index in [4.69, 9.17) is 9.84 Å². The number of nitrogens with one attached hydrogen (secondary N) is 2. The summed E-state index contributed by atoms with van der Waals surface area (Å²) in [5.74, 6) is 0. The minimum absolute atomic E-state index is 0.287. The molecule has 0 rings (SSSR count). The van der Waals surface area contributed by atoms with E-state index < -0.39 is 6.09 Å². The average molecular weight is 431 g/mol. The van der Waals surface area contributed by atoms with E-state index in [0.717, 1.165) is 25.8 Å². The lowest BCUT2D eigenvalue weighted by molar-refractivity contribution is 0.152. The lowest BCUT2D eigenvalue weighted by Gasteiger charge is -2.04. The molecule has 0 atom stereocenters. The Morgan fingerprint density at radius 2 is 0.967 bits per heavy atom. The van der Waals surface area contributed by atoms with Gasteiger partial charge in [0.25, 0.3) is 0 Å². The Balaban J connectivity index is 0. The van der Waals surface area contributed by atoms with Gasteiger partial charge in [0.1, 0.15) is 0 Å². The number of carbonyl (C=O) groups excluding carboxylic acids is 1. The Kier molecular flexibility index (Phi) is 28.2. The van der Waals surface area contributed by atoms with Crippen molar-refractivity contribution in [2.45, 2.75) is 124 Å². The van der Waals surface area contributed by atoms with Crippen LogP contribution in [0.2, 0.25) is 0 Å². The Morgan fingerprint density at radius 1 is 0.600 bits per heavy atom. The maximum atomic E-state index is 10.9. The van der Waals surface area contributed by atoms with Crippen LogP contribution < -0.4 is 10.6 Å². The van der Waals surface area contributed by atoms with Gasteiger partial charge in [0, 0.05) is 13.1 Å². The van der Waals surface area contributed by atoms with Crippen LogP contribution >= 0.6 is 0 Å². The molecule has 2 amide bonds. The molecule has 0 heterocycles. The Morgan fingerprint density at radius 3 is 1.33 bits per heavy atom. The maximum Gasteiger partial charge on any atom is 0.407 e. The van der Waals surface area contributed by atoms with E-state index in [1.165, 1.54) is 83.5 Å². The second-order valence-corrected chi connectivity index (χ2v) is 7.83. The third kappa shape index (κ3) is 31.2. The highest BCUT2D eigenvalue weighted by molar-refractivity contribution is 5.66. The predicted molar refractivity (Wildman–Crippen MR) is 126 cm³/mol. The molecule has 0 saturated heterocycles. The molecule has 0 aliphatic rings. The van der Waals surface area contributed by atoms with Crippen LogP contribution in [0.15, 0.2) is 0 Å².